The first-order chi connectivity index (χ1) is 14.6. The zero-order chi connectivity index (χ0) is 21.0. The van der Waals surface area contributed by atoms with Crippen molar-refractivity contribution in [1.82, 2.24) is 20.3 Å². The summed E-state index contributed by atoms with van der Waals surface area (Å²) in [5, 5.41) is 20.3. The molecule has 0 spiro atoms. The summed E-state index contributed by atoms with van der Waals surface area (Å²) >= 11 is 0. The van der Waals surface area contributed by atoms with Crippen LogP contribution in [0.3, 0.4) is 0 Å². The van der Waals surface area contributed by atoms with Gasteiger partial charge in [0.1, 0.15) is 11.1 Å². The first-order valence-corrected chi connectivity index (χ1v) is 9.85. The van der Waals surface area contributed by atoms with Crippen LogP contribution < -0.4 is 5.32 Å². The molecule has 1 N–H and O–H groups in total. The minimum atomic E-state index is -0.823. The van der Waals surface area contributed by atoms with Crippen molar-refractivity contribution in [3.8, 4) is 6.07 Å². The molecule has 0 aliphatic heterocycles. The highest BCUT2D eigenvalue weighted by Gasteiger charge is 2.35. The number of hydrogen-bond donors (Lipinski definition) is 1. The lowest BCUT2D eigenvalue weighted by molar-refractivity contribution is -0.125. The number of nitrogens with zero attached hydrogens (tertiary/aromatic N) is 4. The Labute approximate surface area is 173 Å². The van der Waals surface area contributed by atoms with Crippen LogP contribution in [0, 0.1) is 11.3 Å². The average Bonchev–Trinajstić information content (AvgIpc) is 3.40. The Kier molecular flexibility index (Phi) is 5.44. The van der Waals surface area contributed by atoms with Gasteiger partial charge in [0.05, 0.1) is 23.7 Å². The third kappa shape index (κ3) is 4.15. The van der Waals surface area contributed by atoms with E-state index >= 15 is 0 Å². The molecule has 8 nitrogen and oxygen atoms in total. The number of nitriles is 1. The second-order valence-corrected chi connectivity index (χ2v) is 7.46. The minimum Gasteiger partial charge on any atom is -0.452 e. The molecule has 1 heterocycles. The van der Waals surface area contributed by atoms with Gasteiger partial charge in [-0.3, -0.25) is 4.79 Å². The Morgan fingerprint density at radius 3 is 2.60 bits per heavy atom. The van der Waals surface area contributed by atoms with Crippen LogP contribution in [0.2, 0.25) is 0 Å². The molecule has 30 heavy (non-hydrogen) atoms. The molecule has 1 aromatic heterocycles. The van der Waals surface area contributed by atoms with E-state index in [0.717, 1.165) is 29.4 Å². The van der Waals surface area contributed by atoms with Gasteiger partial charge in [-0.1, -0.05) is 29.5 Å². The Morgan fingerprint density at radius 1 is 1.13 bits per heavy atom. The van der Waals surface area contributed by atoms with E-state index in [2.05, 4.69) is 21.7 Å². The summed E-state index contributed by atoms with van der Waals surface area (Å²) in [7, 11) is 0. The second kappa shape index (κ2) is 8.33. The van der Waals surface area contributed by atoms with Gasteiger partial charge in [-0.2, -0.15) is 5.26 Å². The maximum absolute atomic E-state index is 12.2. The summed E-state index contributed by atoms with van der Waals surface area (Å²) in [5.41, 5.74) is 2.25. The predicted octanol–water partition coefficient (Wildman–Crippen LogP) is 2.59. The number of ether oxygens (including phenoxy) is 1. The van der Waals surface area contributed by atoms with Crippen molar-refractivity contribution in [1.29, 1.82) is 5.26 Å². The lowest BCUT2D eigenvalue weighted by Crippen LogP contribution is -2.46. The molecule has 1 saturated carbocycles. The number of aromatic nitrogens is 3. The molecule has 4 rings (SSSR count). The number of carbonyl (C=O) groups excluding carboxylic acids is 2. The molecular weight excluding hydrogens is 382 g/mol. The zero-order valence-electron chi connectivity index (χ0n) is 16.4. The van der Waals surface area contributed by atoms with E-state index in [1.54, 1.807) is 16.8 Å². The molecule has 0 unspecified atom stereocenters. The highest BCUT2D eigenvalue weighted by molar-refractivity contribution is 5.91. The number of amides is 1. The summed E-state index contributed by atoms with van der Waals surface area (Å²) in [6.07, 6.45) is 3.08. The molecule has 3 aromatic rings. The van der Waals surface area contributed by atoms with Gasteiger partial charge in [0.2, 0.25) is 0 Å². The smallest absolute Gasteiger partial charge is 0.338 e. The molecule has 0 saturated heterocycles. The number of nitrogens with one attached hydrogen (secondary N) is 1. The van der Waals surface area contributed by atoms with Crippen molar-refractivity contribution < 1.29 is 14.3 Å². The van der Waals surface area contributed by atoms with E-state index in [1.807, 2.05) is 36.4 Å². The monoisotopic (exact) mass is 403 g/mol. The normalized spacial score (nSPS) is 14.9. The zero-order valence-corrected chi connectivity index (χ0v) is 16.4. The fraction of sp³-hybridized carbons (Fsp3) is 0.318. The van der Waals surface area contributed by atoms with Crippen molar-refractivity contribution >= 4 is 22.9 Å². The van der Waals surface area contributed by atoms with Crippen molar-refractivity contribution in [2.45, 2.75) is 37.8 Å². The van der Waals surface area contributed by atoms with Gasteiger partial charge < -0.3 is 10.1 Å². The maximum Gasteiger partial charge on any atom is 0.338 e. The first kappa shape index (κ1) is 19.6. The van der Waals surface area contributed by atoms with Gasteiger partial charge >= 0.3 is 5.97 Å². The van der Waals surface area contributed by atoms with Crippen LogP contribution in [0.25, 0.3) is 11.0 Å². The minimum absolute atomic E-state index is 0.353. The second-order valence-electron chi connectivity index (χ2n) is 7.46. The van der Waals surface area contributed by atoms with Crippen LogP contribution in [-0.4, -0.2) is 39.0 Å². The molecule has 1 aliphatic rings. The van der Waals surface area contributed by atoms with E-state index in [0.29, 0.717) is 24.9 Å². The van der Waals surface area contributed by atoms with E-state index in [-0.39, 0.29) is 0 Å². The van der Waals surface area contributed by atoms with Crippen LogP contribution >= 0.6 is 0 Å². The van der Waals surface area contributed by atoms with Gasteiger partial charge in [0.25, 0.3) is 5.91 Å². The molecular formula is C22H21N5O3. The van der Waals surface area contributed by atoms with Crippen LogP contribution in [0.15, 0.2) is 48.5 Å². The lowest BCUT2D eigenvalue weighted by Gasteiger charge is -2.21. The molecule has 1 aliphatic carbocycles. The Balaban J connectivity index is 1.33. The molecule has 2 aromatic carbocycles. The van der Waals surface area contributed by atoms with E-state index in [4.69, 9.17) is 4.74 Å². The largest absolute Gasteiger partial charge is 0.452 e. The number of rotatable bonds is 6. The van der Waals surface area contributed by atoms with Gasteiger partial charge in [-0.05, 0) is 55.5 Å². The molecule has 0 bridgehead atoms. The van der Waals surface area contributed by atoms with Crippen molar-refractivity contribution in [2.24, 2.45) is 0 Å². The lowest BCUT2D eigenvalue weighted by atomic mass is 10.00. The topological polar surface area (TPSA) is 110 Å². The van der Waals surface area contributed by atoms with Gasteiger partial charge in [0.15, 0.2) is 6.61 Å². The Hall–Kier alpha value is -3.73. The predicted molar refractivity (Wildman–Crippen MR) is 108 cm³/mol. The molecule has 8 heteroatoms. The Morgan fingerprint density at radius 2 is 1.87 bits per heavy atom. The van der Waals surface area contributed by atoms with Crippen LogP contribution in [0.1, 0.15) is 41.6 Å². The van der Waals surface area contributed by atoms with E-state index < -0.39 is 24.0 Å². The third-order valence-electron chi connectivity index (χ3n) is 5.33. The highest BCUT2D eigenvalue weighted by Crippen LogP contribution is 2.28. The number of carbonyl (C=O) groups is 2. The van der Waals surface area contributed by atoms with E-state index in [1.165, 1.54) is 0 Å². The molecule has 152 valence electrons. The highest BCUT2D eigenvalue weighted by atomic mass is 16.5. The van der Waals surface area contributed by atoms with Gasteiger partial charge in [0, 0.05) is 0 Å². The van der Waals surface area contributed by atoms with Crippen LogP contribution in [0.4, 0.5) is 0 Å². The van der Waals surface area contributed by atoms with Crippen molar-refractivity contribution in [3.05, 3.63) is 59.7 Å². The van der Waals surface area contributed by atoms with Gasteiger partial charge in [-0.15, -0.1) is 5.10 Å². The summed E-state index contributed by atoms with van der Waals surface area (Å²) < 4.78 is 6.90. The molecule has 0 atom stereocenters. The molecule has 0 radical (unpaired) electrons. The number of para-hydroxylation sites is 1. The number of hydrogen-bond acceptors (Lipinski definition) is 6. The SMILES string of the molecule is N#CC1(NC(=O)COC(=O)c2ccc(Cn3nnc4ccccc43)cc2)CCCC1. The maximum atomic E-state index is 12.2. The van der Waals surface area contributed by atoms with Crippen molar-refractivity contribution in [2.75, 3.05) is 6.61 Å². The fourth-order valence-electron chi connectivity index (χ4n) is 3.71. The van der Waals surface area contributed by atoms with Gasteiger partial charge in [-0.25, -0.2) is 9.48 Å². The third-order valence-corrected chi connectivity index (χ3v) is 5.33. The Bertz CT molecular complexity index is 1110. The molecule has 1 amide bonds. The number of esters is 1. The van der Waals surface area contributed by atoms with Crippen LogP contribution in [-0.2, 0) is 16.1 Å². The summed E-state index contributed by atoms with van der Waals surface area (Å²) in [5.74, 6) is -1.04. The number of benzene rings is 2. The van der Waals surface area contributed by atoms with Crippen LogP contribution in [0.5, 0.6) is 0 Å². The summed E-state index contributed by atoms with van der Waals surface area (Å²) in [6.45, 7) is 0.115. The first-order valence-electron chi connectivity index (χ1n) is 9.85. The standard InChI is InChI=1S/C22H21N5O3/c23-15-22(11-3-4-12-22)24-20(28)14-30-21(29)17-9-7-16(8-10-17)13-27-19-6-2-1-5-18(19)25-26-27/h1-2,5-10H,3-4,11-14H2,(H,24,28). The quantitative estimate of drug-likeness (QED) is 0.634. The summed E-state index contributed by atoms with van der Waals surface area (Å²) in [4.78, 5) is 24.3. The molecule has 1 fully saturated rings. The van der Waals surface area contributed by atoms with Crippen molar-refractivity contribution in [3.63, 3.8) is 0 Å². The number of fused-ring (bicyclic) bond motifs is 1. The summed E-state index contributed by atoms with van der Waals surface area (Å²) in [6, 6.07) is 16.8. The van der Waals surface area contributed by atoms with E-state index in [9.17, 15) is 14.9 Å². The average molecular weight is 403 g/mol. The fourth-order valence-corrected chi connectivity index (χ4v) is 3.71.